The van der Waals surface area contributed by atoms with Crippen molar-refractivity contribution in [1.82, 2.24) is 4.90 Å². The monoisotopic (exact) mass is 483 g/mol. The Labute approximate surface area is 195 Å². The maximum atomic E-state index is 14.3. The van der Waals surface area contributed by atoms with Crippen LogP contribution in [-0.2, 0) is 23.2 Å². The molecule has 0 aliphatic heterocycles. The third-order valence-corrected chi connectivity index (χ3v) is 6.16. The van der Waals surface area contributed by atoms with Crippen molar-refractivity contribution in [1.29, 1.82) is 0 Å². The molecule has 0 fully saturated rings. The first-order chi connectivity index (χ1) is 16.3. The first-order valence-corrected chi connectivity index (χ1v) is 11.6. The van der Waals surface area contributed by atoms with Crippen molar-refractivity contribution < 1.29 is 30.6 Å². The molecule has 1 amide bonds. The third-order valence-electron chi connectivity index (χ3n) is 4.90. The lowest BCUT2D eigenvalue weighted by atomic mass is 10.1. The van der Waals surface area contributed by atoms with E-state index in [-0.39, 0.29) is 29.3 Å². The molecule has 0 radical (unpaired) electrons. The molecule has 0 aliphatic rings. The molecule has 4 rings (SSSR count). The Balaban J connectivity index is 1.58. The molecule has 0 saturated heterocycles. The Kier molecular flexibility index (Phi) is 6.74. The summed E-state index contributed by atoms with van der Waals surface area (Å²) in [6, 6.07) is 19.4. The quantitative estimate of drug-likeness (QED) is 0.323. The van der Waals surface area contributed by atoms with Gasteiger partial charge in [0.2, 0.25) is 0 Å². The van der Waals surface area contributed by atoms with Crippen LogP contribution >= 0.6 is 0 Å². The molecule has 0 bridgehead atoms. The average molecular weight is 483 g/mol. The predicted octanol–water partition coefficient (Wildman–Crippen LogP) is 5.17. The number of hydrogen-bond acceptors (Lipinski definition) is 5. The molecule has 0 aliphatic carbocycles. The number of benzene rings is 3. The first kappa shape index (κ1) is 23.2. The largest absolute Gasteiger partial charge is 0.467 e. The summed E-state index contributed by atoms with van der Waals surface area (Å²) in [7, 11) is -4.19. The van der Waals surface area contributed by atoms with Crippen LogP contribution in [0.5, 0.6) is 5.75 Å². The summed E-state index contributed by atoms with van der Waals surface area (Å²) in [5, 5.41) is 0. The van der Waals surface area contributed by atoms with Gasteiger partial charge in [0.15, 0.2) is 0 Å². The van der Waals surface area contributed by atoms with Gasteiger partial charge in [-0.05, 0) is 66.2 Å². The lowest BCUT2D eigenvalue weighted by Crippen LogP contribution is -2.30. The molecular formula is C25H19F2NO5S. The minimum atomic E-state index is -4.19. The lowest BCUT2D eigenvalue weighted by molar-refractivity contribution is 0.0712. The van der Waals surface area contributed by atoms with Crippen molar-refractivity contribution in [2.24, 2.45) is 0 Å². The van der Waals surface area contributed by atoms with Crippen molar-refractivity contribution in [2.45, 2.75) is 18.0 Å². The molecular weight excluding hydrogens is 464 g/mol. The van der Waals surface area contributed by atoms with E-state index in [9.17, 15) is 22.0 Å². The summed E-state index contributed by atoms with van der Waals surface area (Å²) < 4.78 is 63.0. The van der Waals surface area contributed by atoms with E-state index in [0.717, 1.165) is 24.3 Å². The lowest BCUT2D eigenvalue weighted by Gasteiger charge is -2.22. The first-order valence-electron chi connectivity index (χ1n) is 10.2. The van der Waals surface area contributed by atoms with Gasteiger partial charge in [-0.2, -0.15) is 8.42 Å². The Morgan fingerprint density at radius 1 is 0.882 bits per heavy atom. The third kappa shape index (κ3) is 5.49. The van der Waals surface area contributed by atoms with Crippen LogP contribution in [-0.4, -0.2) is 19.2 Å². The van der Waals surface area contributed by atoms with Crippen LogP contribution in [0.3, 0.4) is 0 Å². The molecule has 6 nitrogen and oxygen atoms in total. The van der Waals surface area contributed by atoms with Crippen LogP contribution < -0.4 is 4.18 Å². The molecule has 4 aromatic rings. The van der Waals surface area contributed by atoms with Crippen LogP contribution in [0.2, 0.25) is 0 Å². The van der Waals surface area contributed by atoms with Gasteiger partial charge in [-0.3, -0.25) is 4.79 Å². The zero-order chi connectivity index (χ0) is 24.1. The van der Waals surface area contributed by atoms with Gasteiger partial charge in [0, 0.05) is 6.54 Å². The summed E-state index contributed by atoms with van der Waals surface area (Å²) in [6.45, 7) is 0.0980. The number of nitrogens with zero attached hydrogens (tertiary/aromatic N) is 1. The van der Waals surface area contributed by atoms with Crippen molar-refractivity contribution >= 4 is 16.0 Å². The number of amides is 1. The highest BCUT2D eigenvalue weighted by Gasteiger charge is 2.22. The zero-order valence-corrected chi connectivity index (χ0v) is 18.5. The van der Waals surface area contributed by atoms with E-state index in [2.05, 4.69) is 0 Å². The van der Waals surface area contributed by atoms with Crippen LogP contribution in [0.1, 0.15) is 21.7 Å². The molecule has 0 spiro atoms. The standard InChI is InChI=1S/C25H19F2NO5S/c26-19-10-12-22(13-11-19)34(30,31)33-20-6-3-5-18(15-20)16-28(17-21-7-4-14-32-21)25(29)23-8-1-2-9-24(23)27/h1-15H,16-17H2. The van der Waals surface area contributed by atoms with Crippen LogP contribution in [0.4, 0.5) is 8.78 Å². The minimum absolute atomic E-state index is 0.0121. The van der Waals surface area contributed by atoms with Gasteiger partial charge < -0.3 is 13.5 Å². The van der Waals surface area contributed by atoms with E-state index in [1.807, 2.05) is 0 Å². The highest BCUT2D eigenvalue weighted by molar-refractivity contribution is 7.87. The number of carbonyl (C=O) groups excluding carboxylic acids is 1. The molecule has 174 valence electrons. The summed E-state index contributed by atoms with van der Waals surface area (Å²) in [6.07, 6.45) is 1.47. The maximum absolute atomic E-state index is 14.3. The maximum Gasteiger partial charge on any atom is 0.339 e. The Bertz CT molecular complexity index is 1390. The molecule has 34 heavy (non-hydrogen) atoms. The van der Waals surface area contributed by atoms with Crippen molar-refractivity contribution in [3.05, 3.63) is 120 Å². The van der Waals surface area contributed by atoms with Gasteiger partial charge in [-0.25, -0.2) is 8.78 Å². The van der Waals surface area contributed by atoms with Crippen LogP contribution in [0.15, 0.2) is 101 Å². The van der Waals surface area contributed by atoms with Gasteiger partial charge in [0.25, 0.3) is 5.91 Å². The molecule has 1 aromatic heterocycles. The number of furan rings is 1. The van der Waals surface area contributed by atoms with E-state index in [0.29, 0.717) is 11.3 Å². The number of halogens is 2. The Morgan fingerprint density at radius 2 is 1.65 bits per heavy atom. The summed E-state index contributed by atoms with van der Waals surface area (Å²) in [5.41, 5.74) is 0.448. The SMILES string of the molecule is O=C(c1ccccc1F)N(Cc1cccc(OS(=O)(=O)c2ccc(F)cc2)c1)Cc1ccco1. The number of hydrogen-bond donors (Lipinski definition) is 0. The van der Waals surface area contributed by atoms with Gasteiger partial charge in [-0.1, -0.05) is 24.3 Å². The van der Waals surface area contributed by atoms with Crippen molar-refractivity contribution in [2.75, 3.05) is 0 Å². The highest BCUT2D eigenvalue weighted by atomic mass is 32.2. The van der Waals surface area contributed by atoms with E-state index in [1.54, 1.807) is 30.3 Å². The van der Waals surface area contributed by atoms with Gasteiger partial charge in [0.05, 0.1) is 18.4 Å². The average Bonchev–Trinajstić information content (AvgIpc) is 3.32. The molecule has 1 heterocycles. The summed E-state index contributed by atoms with van der Waals surface area (Å²) in [4.78, 5) is 14.3. The fourth-order valence-electron chi connectivity index (χ4n) is 3.29. The molecule has 0 N–H and O–H groups in total. The second-order valence-electron chi connectivity index (χ2n) is 7.36. The zero-order valence-electron chi connectivity index (χ0n) is 17.7. The normalized spacial score (nSPS) is 11.2. The molecule has 0 unspecified atom stereocenters. The van der Waals surface area contributed by atoms with Gasteiger partial charge in [0.1, 0.15) is 28.0 Å². The second kappa shape index (κ2) is 9.88. The molecule has 9 heteroatoms. The van der Waals surface area contributed by atoms with Crippen LogP contribution in [0, 0.1) is 11.6 Å². The fraction of sp³-hybridized carbons (Fsp3) is 0.0800. The van der Waals surface area contributed by atoms with Gasteiger partial charge in [-0.15, -0.1) is 0 Å². The van der Waals surface area contributed by atoms with Crippen molar-refractivity contribution in [3.8, 4) is 5.75 Å². The van der Waals surface area contributed by atoms with E-state index in [4.69, 9.17) is 8.60 Å². The molecule has 0 atom stereocenters. The number of rotatable bonds is 8. The van der Waals surface area contributed by atoms with Crippen LogP contribution in [0.25, 0.3) is 0 Å². The summed E-state index contributed by atoms with van der Waals surface area (Å²) in [5.74, 6) is -1.27. The topological polar surface area (TPSA) is 76.8 Å². The highest BCUT2D eigenvalue weighted by Crippen LogP contribution is 2.23. The predicted molar refractivity (Wildman–Crippen MR) is 119 cm³/mol. The molecule has 0 saturated carbocycles. The Hall–Kier alpha value is -3.98. The molecule has 3 aromatic carbocycles. The van der Waals surface area contributed by atoms with Crippen molar-refractivity contribution in [3.63, 3.8) is 0 Å². The fourth-order valence-corrected chi connectivity index (χ4v) is 4.21. The summed E-state index contributed by atoms with van der Waals surface area (Å²) >= 11 is 0. The van der Waals surface area contributed by atoms with E-state index >= 15 is 0 Å². The minimum Gasteiger partial charge on any atom is -0.467 e. The smallest absolute Gasteiger partial charge is 0.339 e. The van der Waals surface area contributed by atoms with E-state index < -0.39 is 27.7 Å². The Morgan fingerprint density at radius 3 is 2.35 bits per heavy atom. The van der Waals surface area contributed by atoms with Gasteiger partial charge >= 0.3 is 10.1 Å². The second-order valence-corrected chi connectivity index (χ2v) is 8.91. The number of carbonyl (C=O) groups is 1. The van der Waals surface area contributed by atoms with E-state index in [1.165, 1.54) is 41.5 Å².